The summed E-state index contributed by atoms with van der Waals surface area (Å²) in [6.45, 7) is 5.51. The number of ether oxygens (including phenoxy) is 1. The lowest BCUT2D eigenvalue weighted by Gasteiger charge is -2.23. The molecule has 1 saturated carbocycles. The molecule has 22 heavy (non-hydrogen) atoms. The first-order valence-electron chi connectivity index (χ1n) is 7.48. The van der Waals surface area contributed by atoms with Crippen LogP contribution in [0.3, 0.4) is 0 Å². The second kappa shape index (κ2) is 7.98. The van der Waals surface area contributed by atoms with Crippen molar-refractivity contribution in [3.8, 4) is 0 Å². The lowest BCUT2D eigenvalue weighted by molar-refractivity contribution is -0.125. The Kier molecular flexibility index (Phi) is 6.61. The number of hydrogen-bond donors (Lipinski definition) is 4. The largest absolute Gasteiger partial charge is 0.444 e. The van der Waals surface area contributed by atoms with Gasteiger partial charge in [0.05, 0.1) is 0 Å². The van der Waals surface area contributed by atoms with Crippen molar-refractivity contribution in [3.63, 3.8) is 0 Å². The topological polar surface area (TPSA) is 123 Å². The number of hydrazine groups is 1. The number of alkyl carbamates (subject to hydrolysis) is 1. The number of carbonyl (C=O) groups excluding carboxylic acids is 3. The van der Waals surface area contributed by atoms with Gasteiger partial charge in [0.25, 0.3) is 5.91 Å². The van der Waals surface area contributed by atoms with Crippen molar-refractivity contribution in [2.45, 2.75) is 58.1 Å². The van der Waals surface area contributed by atoms with Gasteiger partial charge >= 0.3 is 6.09 Å². The van der Waals surface area contributed by atoms with Crippen LogP contribution in [0.4, 0.5) is 4.79 Å². The summed E-state index contributed by atoms with van der Waals surface area (Å²) in [5, 5.41) is 2.59. The minimum absolute atomic E-state index is 0.118. The van der Waals surface area contributed by atoms with Crippen LogP contribution in [0, 0.1) is 5.92 Å². The Labute approximate surface area is 130 Å². The quantitative estimate of drug-likeness (QED) is 0.376. The van der Waals surface area contributed by atoms with E-state index in [0.29, 0.717) is 12.3 Å². The van der Waals surface area contributed by atoms with Gasteiger partial charge in [-0.1, -0.05) is 12.8 Å². The van der Waals surface area contributed by atoms with Crippen molar-refractivity contribution in [1.29, 1.82) is 0 Å². The zero-order valence-electron chi connectivity index (χ0n) is 13.4. The van der Waals surface area contributed by atoms with Crippen molar-refractivity contribution in [1.82, 2.24) is 16.2 Å². The highest BCUT2D eigenvalue weighted by atomic mass is 16.6. The molecule has 1 aliphatic carbocycles. The van der Waals surface area contributed by atoms with Gasteiger partial charge in [0, 0.05) is 13.0 Å². The number of rotatable bonds is 8. The predicted molar refractivity (Wildman–Crippen MR) is 80.5 cm³/mol. The van der Waals surface area contributed by atoms with Gasteiger partial charge in [-0.2, -0.15) is 0 Å². The third-order valence-electron chi connectivity index (χ3n) is 2.98. The van der Waals surface area contributed by atoms with Crippen LogP contribution in [0.5, 0.6) is 0 Å². The molecule has 0 bridgehead atoms. The van der Waals surface area contributed by atoms with E-state index >= 15 is 0 Å². The zero-order valence-corrected chi connectivity index (χ0v) is 13.4. The van der Waals surface area contributed by atoms with Crippen molar-refractivity contribution in [2.75, 3.05) is 6.54 Å². The van der Waals surface area contributed by atoms with Crippen LogP contribution in [-0.4, -0.2) is 36.1 Å². The first kappa shape index (κ1) is 18.2. The summed E-state index contributed by atoms with van der Waals surface area (Å²) in [4.78, 5) is 34.5. The van der Waals surface area contributed by atoms with Crippen molar-refractivity contribution in [3.05, 3.63) is 0 Å². The molecule has 1 aliphatic rings. The molecule has 0 aliphatic heterocycles. The molecular weight excluding hydrogens is 288 g/mol. The van der Waals surface area contributed by atoms with E-state index in [1.54, 1.807) is 20.8 Å². The molecule has 0 aromatic rings. The van der Waals surface area contributed by atoms with Gasteiger partial charge in [-0.3, -0.25) is 15.0 Å². The van der Waals surface area contributed by atoms with E-state index in [-0.39, 0.29) is 18.9 Å². The second-order valence-corrected chi connectivity index (χ2v) is 6.51. The molecule has 0 aromatic heterocycles. The van der Waals surface area contributed by atoms with E-state index in [1.807, 2.05) is 0 Å². The molecule has 1 atom stereocenters. The van der Waals surface area contributed by atoms with Crippen LogP contribution < -0.4 is 21.9 Å². The van der Waals surface area contributed by atoms with Gasteiger partial charge in [-0.15, -0.1) is 0 Å². The molecule has 0 aromatic carbocycles. The van der Waals surface area contributed by atoms with Crippen molar-refractivity contribution >= 4 is 17.9 Å². The van der Waals surface area contributed by atoms with Gasteiger partial charge in [0.1, 0.15) is 11.6 Å². The molecule has 1 fully saturated rings. The summed E-state index contributed by atoms with van der Waals surface area (Å²) < 4.78 is 5.17. The Balaban J connectivity index is 2.43. The van der Waals surface area contributed by atoms with E-state index in [1.165, 1.54) is 0 Å². The average molecular weight is 314 g/mol. The van der Waals surface area contributed by atoms with Crippen LogP contribution >= 0.6 is 0 Å². The molecule has 1 unspecified atom stereocenters. The molecule has 1 rings (SSSR count). The van der Waals surface area contributed by atoms with E-state index < -0.39 is 23.6 Å². The fraction of sp³-hybridized carbons (Fsp3) is 0.786. The molecule has 8 heteroatoms. The third-order valence-corrected chi connectivity index (χ3v) is 2.98. The molecule has 0 heterocycles. The molecule has 126 valence electrons. The Morgan fingerprint density at radius 2 is 1.91 bits per heavy atom. The van der Waals surface area contributed by atoms with E-state index in [4.69, 9.17) is 10.5 Å². The van der Waals surface area contributed by atoms with Crippen LogP contribution in [0.25, 0.3) is 0 Å². The third kappa shape index (κ3) is 8.46. The summed E-state index contributed by atoms with van der Waals surface area (Å²) in [5.41, 5.74) is 9.47. The highest BCUT2D eigenvalue weighted by Gasteiger charge is 2.31. The highest BCUT2D eigenvalue weighted by Crippen LogP contribution is 2.33. The maximum atomic E-state index is 12.1. The van der Waals surface area contributed by atoms with E-state index in [0.717, 1.165) is 12.8 Å². The highest BCUT2D eigenvalue weighted by molar-refractivity contribution is 5.85. The zero-order chi connectivity index (χ0) is 16.8. The number of nitrogens with one attached hydrogen (secondary N) is 3. The number of nitrogens with two attached hydrogens (primary N) is 1. The molecule has 0 saturated heterocycles. The normalized spacial score (nSPS) is 15.8. The van der Waals surface area contributed by atoms with E-state index in [9.17, 15) is 14.4 Å². The number of carbonyl (C=O) groups is 3. The van der Waals surface area contributed by atoms with Gasteiger partial charge in [0.2, 0.25) is 5.91 Å². The summed E-state index contributed by atoms with van der Waals surface area (Å²) in [5.74, 6) is -0.360. The molecule has 5 N–H and O–H groups in total. The average Bonchev–Trinajstić information content (AvgIpc) is 3.14. The fourth-order valence-corrected chi connectivity index (χ4v) is 1.79. The number of primary amides is 1. The summed E-state index contributed by atoms with van der Waals surface area (Å²) in [6, 6.07) is -0.663. The molecule has 3 amide bonds. The Morgan fingerprint density at radius 3 is 2.41 bits per heavy atom. The monoisotopic (exact) mass is 314 g/mol. The maximum Gasteiger partial charge on any atom is 0.408 e. The lowest BCUT2D eigenvalue weighted by atomic mass is 10.1. The first-order valence-corrected chi connectivity index (χ1v) is 7.48. The standard InChI is InChI=1S/C14H26N4O4/c1-14(2,3)22-13(21)17-10(8-9-4-5-9)12(20)18-16-7-6-11(15)19/h9-10,16H,4-8H2,1-3H3,(H2,15,19)(H,17,21)(H,18,20). The summed E-state index contributed by atoms with van der Waals surface area (Å²) >= 11 is 0. The second-order valence-electron chi connectivity index (χ2n) is 6.51. The Hall–Kier alpha value is -1.83. The smallest absolute Gasteiger partial charge is 0.408 e. The van der Waals surface area contributed by atoms with Gasteiger partial charge in [-0.25, -0.2) is 10.2 Å². The van der Waals surface area contributed by atoms with Crippen LogP contribution in [0.15, 0.2) is 0 Å². The van der Waals surface area contributed by atoms with Crippen LogP contribution in [-0.2, 0) is 14.3 Å². The van der Waals surface area contributed by atoms with Gasteiger partial charge in [-0.05, 0) is 33.1 Å². The fourth-order valence-electron chi connectivity index (χ4n) is 1.79. The number of amides is 3. The minimum Gasteiger partial charge on any atom is -0.444 e. The molecule has 0 spiro atoms. The Bertz CT molecular complexity index is 416. The molecular formula is C14H26N4O4. The lowest BCUT2D eigenvalue weighted by Crippen LogP contribution is -2.52. The van der Waals surface area contributed by atoms with Gasteiger partial charge < -0.3 is 15.8 Å². The van der Waals surface area contributed by atoms with Crippen molar-refractivity contribution < 1.29 is 19.1 Å². The molecule has 0 radical (unpaired) electrons. The first-order chi connectivity index (χ1) is 10.2. The SMILES string of the molecule is CC(C)(C)OC(=O)NC(CC1CC1)C(=O)NNCCC(N)=O. The van der Waals surface area contributed by atoms with Crippen molar-refractivity contribution in [2.24, 2.45) is 11.7 Å². The number of hydrogen-bond acceptors (Lipinski definition) is 5. The minimum atomic E-state index is -0.663. The predicted octanol–water partition coefficient (Wildman–Crippen LogP) is 0.176. The van der Waals surface area contributed by atoms with E-state index in [2.05, 4.69) is 16.2 Å². The summed E-state index contributed by atoms with van der Waals surface area (Å²) in [7, 11) is 0. The summed E-state index contributed by atoms with van der Waals surface area (Å²) in [6.07, 6.45) is 2.20. The maximum absolute atomic E-state index is 12.1. The Morgan fingerprint density at radius 1 is 1.27 bits per heavy atom. The van der Waals surface area contributed by atoms with Crippen LogP contribution in [0.1, 0.15) is 46.5 Å². The van der Waals surface area contributed by atoms with Crippen LogP contribution in [0.2, 0.25) is 0 Å². The van der Waals surface area contributed by atoms with Gasteiger partial charge in [0.15, 0.2) is 0 Å². The molecule has 8 nitrogen and oxygen atoms in total.